The van der Waals surface area contributed by atoms with Gasteiger partial charge in [-0.15, -0.1) is 0 Å². The fourth-order valence-electron chi connectivity index (χ4n) is 3.53. The molecule has 120 valence electrons. The van der Waals surface area contributed by atoms with E-state index in [9.17, 15) is 0 Å². The molecular weight excluding hydrogens is 276 g/mol. The number of hydrogen-bond donors (Lipinski definition) is 0. The van der Waals surface area contributed by atoms with E-state index in [-0.39, 0.29) is 10.8 Å². The third-order valence-corrected chi connectivity index (χ3v) is 5.30. The number of aryl methyl sites for hydroxylation is 2. The highest BCUT2D eigenvalue weighted by molar-refractivity contribution is 5.52. The fraction of sp³-hybridized carbons (Fsp3) is 0.391. The lowest BCUT2D eigenvalue weighted by atomic mass is 9.67. The molecule has 2 aromatic carbocycles. The maximum absolute atomic E-state index is 2.45. The minimum atomic E-state index is 0.112. The molecule has 1 aliphatic carbocycles. The number of fused-ring (bicyclic) bond motifs is 1. The van der Waals surface area contributed by atoms with E-state index in [1.807, 2.05) is 0 Å². The fourth-order valence-corrected chi connectivity index (χ4v) is 3.53. The summed E-state index contributed by atoms with van der Waals surface area (Å²) in [7, 11) is 0. The van der Waals surface area contributed by atoms with Crippen LogP contribution in [0.2, 0.25) is 0 Å². The van der Waals surface area contributed by atoms with Crippen molar-refractivity contribution >= 4 is 0 Å². The lowest BCUT2D eigenvalue weighted by molar-refractivity contribution is 0.562. The normalized spacial score (nSPS) is 17.8. The largest absolute Gasteiger partial charge is 0.0776 e. The van der Waals surface area contributed by atoms with Crippen molar-refractivity contribution in [1.29, 1.82) is 0 Å². The standard InChI is InChI=1S/C23H28/c1-16-7-9-18(10-8-16)14-19-15-21-20(13-17(19)2)22(3,4)11-12-23(21,5)6/h7-13,15H,14H2,1-6H3. The van der Waals surface area contributed by atoms with Gasteiger partial charge in [0.05, 0.1) is 0 Å². The Kier molecular flexibility index (Phi) is 3.75. The van der Waals surface area contributed by atoms with Crippen LogP contribution in [-0.4, -0.2) is 0 Å². The summed E-state index contributed by atoms with van der Waals surface area (Å²) in [6, 6.07) is 13.8. The highest BCUT2D eigenvalue weighted by Crippen LogP contribution is 2.42. The van der Waals surface area contributed by atoms with Gasteiger partial charge >= 0.3 is 0 Å². The molecule has 23 heavy (non-hydrogen) atoms. The Morgan fingerprint density at radius 3 is 1.83 bits per heavy atom. The summed E-state index contributed by atoms with van der Waals surface area (Å²) in [6.45, 7) is 13.7. The Morgan fingerprint density at radius 1 is 0.739 bits per heavy atom. The van der Waals surface area contributed by atoms with Crippen molar-refractivity contribution in [1.82, 2.24) is 0 Å². The van der Waals surface area contributed by atoms with Gasteiger partial charge in [0.25, 0.3) is 0 Å². The monoisotopic (exact) mass is 304 g/mol. The van der Waals surface area contributed by atoms with Gasteiger partial charge in [0.1, 0.15) is 0 Å². The van der Waals surface area contributed by atoms with Gasteiger partial charge in [0.2, 0.25) is 0 Å². The van der Waals surface area contributed by atoms with E-state index in [1.165, 1.54) is 33.4 Å². The van der Waals surface area contributed by atoms with Crippen LogP contribution >= 0.6 is 0 Å². The summed E-state index contributed by atoms with van der Waals surface area (Å²) in [6.07, 6.45) is 5.76. The molecule has 0 aliphatic heterocycles. The van der Waals surface area contributed by atoms with Gasteiger partial charge in [-0.25, -0.2) is 0 Å². The number of allylic oxidation sites excluding steroid dienone is 2. The lowest BCUT2D eigenvalue weighted by Gasteiger charge is -2.37. The number of benzene rings is 2. The maximum Gasteiger partial charge on any atom is 0.00787 e. The van der Waals surface area contributed by atoms with Gasteiger partial charge in [0.15, 0.2) is 0 Å². The van der Waals surface area contributed by atoms with Crippen LogP contribution in [0.4, 0.5) is 0 Å². The van der Waals surface area contributed by atoms with Gasteiger partial charge in [0, 0.05) is 10.8 Å². The van der Waals surface area contributed by atoms with Crippen molar-refractivity contribution in [3.05, 3.63) is 81.9 Å². The summed E-state index contributed by atoms with van der Waals surface area (Å²) < 4.78 is 0. The molecule has 0 heteroatoms. The molecule has 0 aromatic heterocycles. The molecule has 0 atom stereocenters. The van der Waals surface area contributed by atoms with E-state index >= 15 is 0 Å². The molecule has 0 bridgehead atoms. The van der Waals surface area contributed by atoms with Crippen LogP contribution in [0.5, 0.6) is 0 Å². The molecule has 3 rings (SSSR count). The predicted molar refractivity (Wildman–Crippen MR) is 100 cm³/mol. The Morgan fingerprint density at radius 2 is 1.26 bits per heavy atom. The Hall–Kier alpha value is -1.82. The van der Waals surface area contributed by atoms with E-state index in [0.717, 1.165) is 6.42 Å². The number of hydrogen-bond acceptors (Lipinski definition) is 0. The van der Waals surface area contributed by atoms with Crippen LogP contribution in [0.3, 0.4) is 0 Å². The minimum absolute atomic E-state index is 0.112. The van der Waals surface area contributed by atoms with Crippen molar-refractivity contribution < 1.29 is 0 Å². The molecule has 0 fully saturated rings. The van der Waals surface area contributed by atoms with Crippen molar-refractivity contribution in [2.75, 3.05) is 0 Å². The first-order valence-corrected chi connectivity index (χ1v) is 8.59. The SMILES string of the molecule is Cc1ccc(Cc2cc3c(cc2C)C(C)(C)C=CC3(C)C)cc1. The second kappa shape index (κ2) is 5.37. The molecule has 0 saturated heterocycles. The topological polar surface area (TPSA) is 0 Å². The third kappa shape index (κ3) is 3.00. The molecule has 0 saturated carbocycles. The average molecular weight is 304 g/mol. The lowest BCUT2D eigenvalue weighted by Crippen LogP contribution is -2.29. The summed E-state index contributed by atoms with van der Waals surface area (Å²) >= 11 is 0. The molecular formula is C23H28. The van der Waals surface area contributed by atoms with Crippen LogP contribution in [0.25, 0.3) is 0 Å². The van der Waals surface area contributed by atoms with Crippen molar-refractivity contribution in [3.63, 3.8) is 0 Å². The second-order valence-electron chi connectivity index (χ2n) is 8.26. The van der Waals surface area contributed by atoms with Crippen molar-refractivity contribution in [2.45, 2.75) is 58.8 Å². The summed E-state index contributed by atoms with van der Waals surface area (Å²) in [5, 5.41) is 0. The molecule has 0 radical (unpaired) electrons. The van der Waals surface area contributed by atoms with Crippen molar-refractivity contribution in [2.24, 2.45) is 0 Å². The van der Waals surface area contributed by atoms with Gasteiger partial charge in [-0.3, -0.25) is 0 Å². The molecule has 0 spiro atoms. The first-order valence-electron chi connectivity index (χ1n) is 8.59. The van der Waals surface area contributed by atoms with Crippen LogP contribution in [0, 0.1) is 13.8 Å². The van der Waals surface area contributed by atoms with Crippen LogP contribution in [0.1, 0.15) is 61.1 Å². The highest BCUT2D eigenvalue weighted by Gasteiger charge is 2.33. The molecule has 1 aliphatic rings. The Labute approximate surface area is 141 Å². The summed E-state index contributed by atoms with van der Waals surface area (Å²) in [4.78, 5) is 0. The second-order valence-corrected chi connectivity index (χ2v) is 8.26. The van der Waals surface area contributed by atoms with E-state index in [4.69, 9.17) is 0 Å². The Balaban J connectivity index is 2.06. The average Bonchev–Trinajstić information content (AvgIpc) is 2.48. The maximum atomic E-state index is 2.45. The Bertz CT molecular complexity index is 755. The molecule has 0 unspecified atom stereocenters. The van der Waals surface area contributed by atoms with Gasteiger partial charge < -0.3 is 0 Å². The predicted octanol–water partition coefficient (Wildman–Crippen LogP) is 6.02. The van der Waals surface area contributed by atoms with Crippen LogP contribution in [-0.2, 0) is 17.3 Å². The van der Waals surface area contributed by atoms with E-state index in [2.05, 4.69) is 90.1 Å². The zero-order valence-electron chi connectivity index (χ0n) is 15.3. The van der Waals surface area contributed by atoms with Gasteiger partial charge in [-0.2, -0.15) is 0 Å². The molecule has 0 heterocycles. The van der Waals surface area contributed by atoms with E-state index < -0.39 is 0 Å². The number of rotatable bonds is 2. The zero-order valence-corrected chi connectivity index (χ0v) is 15.3. The van der Waals surface area contributed by atoms with Gasteiger partial charge in [-0.05, 0) is 48.1 Å². The third-order valence-electron chi connectivity index (χ3n) is 5.30. The molecule has 0 amide bonds. The zero-order chi connectivity index (χ0) is 16.8. The minimum Gasteiger partial charge on any atom is -0.0776 e. The van der Waals surface area contributed by atoms with Crippen LogP contribution in [0.15, 0.2) is 48.6 Å². The highest BCUT2D eigenvalue weighted by atomic mass is 14.4. The first kappa shape index (κ1) is 16.1. The van der Waals surface area contributed by atoms with Gasteiger partial charge in [-0.1, -0.05) is 81.8 Å². The summed E-state index contributed by atoms with van der Waals surface area (Å²) in [5.41, 5.74) is 8.77. The van der Waals surface area contributed by atoms with E-state index in [1.54, 1.807) is 0 Å². The van der Waals surface area contributed by atoms with Crippen molar-refractivity contribution in [3.8, 4) is 0 Å². The molecule has 0 nitrogen and oxygen atoms in total. The summed E-state index contributed by atoms with van der Waals surface area (Å²) in [5.74, 6) is 0. The molecule has 0 N–H and O–H groups in total. The van der Waals surface area contributed by atoms with Crippen LogP contribution < -0.4 is 0 Å². The quantitative estimate of drug-likeness (QED) is 0.595. The molecule has 2 aromatic rings. The smallest absolute Gasteiger partial charge is 0.00787 e. The first-order chi connectivity index (χ1) is 10.7. The van der Waals surface area contributed by atoms with E-state index in [0.29, 0.717) is 0 Å².